The maximum absolute atomic E-state index is 5.54. The zero-order chi connectivity index (χ0) is 25.0. The lowest BCUT2D eigenvalue weighted by Gasteiger charge is -2.29. The van der Waals surface area contributed by atoms with E-state index in [1.165, 1.54) is 0 Å². The van der Waals surface area contributed by atoms with Crippen molar-refractivity contribution in [3.8, 4) is 22.8 Å². The van der Waals surface area contributed by atoms with Crippen molar-refractivity contribution in [1.29, 1.82) is 0 Å². The second-order valence-corrected chi connectivity index (χ2v) is 13.8. The second-order valence-electron chi connectivity index (χ2n) is 9.29. The summed E-state index contributed by atoms with van der Waals surface area (Å²) in [5.41, 5.74) is 5.43. The van der Waals surface area contributed by atoms with Gasteiger partial charge in [0.2, 0.25) is 0 Å². The maximum atomic E-state index is 5.54. The highest BCUT2D eigenvalue weighted by molar-refractivity contribution is 8.32. The van der Waals surface area contributed by atoms with E-state index in [9.17, 15) is 0 Å². The van der Waals surface area contributed by atoms with Crippen molar-refractivity contribution in [2.45, 2.75) is 0 Å². The third-order valence-electron chi connectivity index (χ3n) is 5.53. The van der Waals surface area contributed by atoms with Crippen molar-refractivity contribution < 1.29 is 9.47 Å². The van der Waals surface area contributed by atoms with Gasteiger partial charge in [0.05, 0.1) is 43.3 Å². The summed E-state index contributed by atoms with van der Waals surface area (Å²) in [5, 5.41) is 7.88. The Morgan fingerprint density at radius 3 is 2.31 bits per heavy atom. The molecule has 0 aliphatic heterocycles. The summed E-state index contributed by atoms with van der Waals surface area (Å²) in [5.74, 6) is 2.51. The molecule has 8 nitrogen and oxygen atoms in total. The molecule has 9 heteroatoms. The predicted octanol–water partition coefficient (Wildman–Crippen LogP) is 4.43. The molecule has 186 valence electrons. The Labute approximate surface area is 208 Å². The molecule has 0 radical (unpaired) electrons. The van der Waals surface area contributed by atoms with Crippen LogP contribution in [0.2, 0.25) is 0 Å². The average molecular weight is 495 g/mol. The first kappa shape index (κ1) is 24.8. The molecule has 0 fully saturated rings. The first-order valence-electron chi connectivity index (χ1n) is 11.4. The summed E-state index contributed by atoms with van der Waals surface area (Å²) < 4.78 is 12.8. The van der Waals surface area contributed by atoms with Crippen molar-refractivity contribution in [3.05, 3.63) is 55.0 Å². The quantitative estimate of drug-likeness (QED) is 0.327. The Balaban J connectivity index is 1.71. The lowest BCUT2D eigenvalue weighted by atomic mass is 10.2. The molecule has 35 heavy (non-hydrogen) atoms. The van der Waals surface area contributed by atoms with Crippen LogP contribution in [-0.4, -0.2) is 71.7 Å². The normalized spacial score (nSPS) is 12.1. The van der Waals surface area contributed by atoms with Crippen LogP contribution in [-0.2, 0) is 7.05 Å². The van der Waals surface area contributed by atoms with Crippen LogP contribution in [0.1, 0.15) is 0 Å². The molecule has 2 heterocycles. The number of nitrogens with zero attached hydrogens (tertiary/aromatic N) is 5. The van der Waals surface area contributed by atoms with Gasteiger partial charge in [0.1, 0.15) is 11.5 Å². The monoisotopic (exact) mass is 494 g/mol. The highest BCUT2D eigenvalue weighted by Gasteiger charge is 2.15. The average Bonchev–Trinajstić information content (AvgIpc) is 3.28. The van der Waals surface area contributed by atoms with E-state index in [1.807, 2.05) is 37.5 Å². The molecule has 0 saturated carbocycles. The molecule has 0 saturated heterocycles. The number of ether oxygens (including phenoxy) is 2. The largest absolute Gasteiger partial charge is 0.497 e. The van der Waals surface area contributed by atoms with Crippen molar-refractivity contribution in [2.75, 3.05) is 56.9 Å². The van der Waals surface area contributed by atoms with Crippen LogP contribution in [0.15, 0.2) is 55.0 Å². The third kappa shape index (κ3) is 6.23. The highest BCUT2D eigenvalue weighted by Crippen LogP contribution is 2.35. The van der Waals surface area contributed by atoms with E-state index in [2.05, 4.69) is 51.2 Å². The van der Waals surface area contributed by atoms with Gasteiger partial charge in [0.25, 0.3) is 0 Å². The van der Waals surface area contributed by atoms with Gasteiger partial charge in [0.15, 0.2) is 0 Å². The molecular formula is C26H34N6O2S. The van der Waals surface area contributed by atoms with Crippen LogP contribution in [0, 0.1) is 0 Å². The molecular weight excluding hydrogens is 460 g/mol. The van der Waals surface area contributed by atoms with E-state index in [0.29, 0.717) is 0 Å². The van der Waals surface area contributed by atoms with Gasteiger partial charge in [-0.2, -0.15) is 5.10 Å². The topological polar surface area (TPSA) is 77.3 Å². The molecule has 0 amide bonds. The molecule has 0 bridgehead atoms. The number of hydrogen-bond donors (Lipinski definition) is 1. The molecule has 0 spiro atoms. The van der Waals surface area contributed by atoms with E-state index in [1.54, 1.807) is 31.3 Å². The Morgan fingerprint density at radius 2 is 1.69 bits per heavy atom. The van der Waals surface area contributed by atoms with Crippen LogP contribution < -0.4 is 19.7 Å². The van der Waals surface area contributed by atoms with Crippen molar-refractivity contribution in [1.82, 2.24) is 25.1 Å². The summed E-state index contributed by atoms with van der Waals surface area (Å²) in [7, 11) is 4.61. The Morgan fingerprint density at radius 1 is 0.943 bits per heavy atom. The van der Waals surface area contributed by atoms with Gasteiger partial charge in [0, 0.05) is 67.3 Å². The summed E-state index contributed by atoms with van der Waals surface area (Å²) in [6.45, 7) is 1.61. The van der Waals surface area contributed by atoms with Crippen molar-refractivity contribution in [2.24, 2.45) is 7.05 Å². The van der Waals surface area contributed by atoms with Gasteiger partial charge < -0.3 is 19.7 Å². The lowest BCUT2D eigenvalue weighted by Crippen LogP contribution is -2.30. The number of fused-ring (bicyclic) bond motifs is 1. The molecule has 4 rings (SSSR count). The number of nitrogens with one attached hydrogen (secondary N) is 1. The number of benzene rings is 2. The number of aryl methyl sites for hydroxylation is 1. The Hall–Kier alpha value is -3.30. The van der Waals surface area contributed by atoms with Gasteiger partial charge in [-0.3, -0.25) is 9.67 Å². The Kier molecular flexibility index (Phi) is 7.47. The third-order valence-corrected chi connectivity index (χ3v) is 6.60. The van der Waals surface area contributed by atoms with Crippen LogP contribution in [0.25, 0.3) is 22.3 Å². The second kappa shape index (κ2) is 10.5. The van der Waals surface area contributed by atoms with Crippen LogP contribution in [0.5, 0.6) is 11.5 Å². The van der Waals surface area contributed by atoms with Crippen LogP contribution in [0.4, 0.5) is 11.4 Å². The minimum atomic E-state index is -0.626. The highest BCUT2D eigenvalue weighted by atomic mass is 32.3. The molecule has 2 aromatic carbocycles. The molecule has 0 aliphatic carbocycles. The summed E-state index contributed by atoms with van der Waals surface area (Å²) >= 11 is 0. The van der Waals surface area contributed by atoms with Crippen molar-refractivity contribution in [3.63, 3.8) is 0 Å². The first-order valence-corrected chi connectivity index (χ1v) is 14.4. The standard InChI is InChI=1S/C26H34N6O2S/c1-31-17-19(15-29-31)26-16-28-24-8-7-20(13-25(24)30-26)32(10-9-27-18-35(4,5)6)21-11-22(33-2)14-23(12-21)34-3/h7-8,11-17,27H,9-10,18H2,1-6H3. The van der Waals surface area contributed by atoms with E-state index in [4.69, 9.17) is 14.5 Å². The zero-order valence-corrected chi connectivity index (χ0v) is 22.1. The molecule has 0 aliphatic rings. The lowest BCUT2D eigenvalue weighted by molar-refractivity contribution is 0.394. The summed E-state index contributed by atoms with van der Waals surface area (Å²) in [6, 6.07) is 12.1. The number of anilines is 2. The fourth-order valence-corrected chi connectivity index (χ4v) is 4.54. The van der Waals surface area contributed by atoms with E-state index in [0.717, 1.165) is 64.1 Å². The smallest absolute Gasteiger partial charge is 0.124 e. The minimum Gasteiger partial charge on any atom is -0.497 e. The van der Waals surface area contributed by atoms with E-state index < -0.39 is 10.0 Å². The SMILES string of the molecule is COc1cc(OC)cc(N(CCNCS(C)(C)C)c2ccc3ncc(-c4cnn(C)c4)nc3c2)c1. The summed E-state index contributed by atoms with van der Waals surface area (Å²) in [4.78, 5) is 11.8. The zero-order valence-electron chi connectivity index (χ0n) is 21.3. The van der Waals surface area contributed by atoms with Gasteiger partial charge >= 0.3 is 0 Å². The number of aromatic nitrogens is 4. The fourth-order valence-electron chi connectivity index (χ4n) is 3.79. The fraction of sp³-hybridized carbons (Fsp3) is 0.346. The maximum Gasteiger partial charge on any atom is 0.124 e. The molecule has 0 unspecified atom stereocenters. The van der Waals surface area contributed by atoms with E-state index in [-0.39, 0.29) is 0 Å². The van der Waals surface area contributed by atoms with Gasteiger partial charge in [-0.05, 0) is 37.0 Å². The van der Waals surface area contributed by atoms with Crippen LogP contribution >= 0.6 is 10.0 Å². The Bertz CT molecular complexity index is 1280. The molecule has 0 atom stereocenters. The predicted molar refractivity (Wildman–Crippen MR) is 147 cm³/mol. The van der Waals surface area contributed by atoms with Gasteiger partial charge in [-0.25, -0.2) is 15.0 Å². The van der Waals surface area contributed by atoms with Crippen molar-refractivity contribution >= 4 is 32.4 Å². The van der Waals surface area contributed by atoms with E-state index >= 15 is 0 Å². The first-order chi connectivity index (χ1) is 16.8. The van der Waals surface area contributed by atoms with Gasteiger partial charge in [-0.1, -0.05) is 0 Å². The molecule has 1 N–H and O–H groups in total. The molecule has 4 aromatic rings. The number of hydrogen-bond acceptors (Lipinski definition) is 7. The minimum absolute atomic E-state index is 0.626. The number of methoxy groups -OCH3 is 2. The van der Waals surface area contributed by atoms with Crippen LogP contribution in [0.3, 0.4) is 0 Å². The molecule has 2 aromatic heterocycles. The van der Waals surface area contributed by atoms with Gasteiger partial charge in [-0.15, -0.1) is 0 Å². The summed E-state index contributed by atoms with van der Waals surface area (Å²) in [6.07, 6.45) is 12.5. The number of rotatable bonds is 10.